The molecular weight excluding hydrogens is 476 g/mol. The molecule has 1 aliphatic heterocycles. The Bertz CT molecular complexity index is 1010. The maximum Gasteiger partial charge on any atom is 0.115 e. The zero-order valence-electron chi connectivity index (χ0n) is 22.5. The van der Waals surface area contributed by atoms with E-state index in [1.54, 1.807) is 0 Å². The summed E-state index contributed by atoms with van der Waals surface area (Å²) in [7, 11) is 0. The Kier molecular flexibility index (Phi) is 11.8. The van der Waals surface area contributed by atoms with Crippen molar-refractivity contribution in [2.45, 2.75) is 89.4 Å². The molecular formula is C33H42O5. The van der Waals surface area contributed by atoms with E-state index in [0.29, 0.717) is 26.4 Å². The predicted molar refractivity (Wildman–Crippen MR) is 150 cm³/mol. The molecule has 0 aliphatic carbocycles. The Balaban J connectivity index is 1.50. The van der Waals surface area contributed by atoms with E-state index in [1.807, 2.05) is 78.9 Å². The normalized spacial score (nSPS) is 23.4. The van der Waals surface area contributed by atoms with Crippen molar-refractivity contribution >= 4 is 0 Å². The summed E-state index contributed by atoms with van der Waals surface area (Å²) >= 11 is 0. The lowest BCUT2D eigenvalue weighted by Gasteiger charge is -2.44. The lowest BCUT2D eigenvalue weighted by atomic mass is 9.91. The third kappa shape index (κ3) is 8.75. The number of rotatable bonds is 15. The molecule has 204 valence electrons. The zero-order chi connectivity index (χ0) is 26.4. The Labute approximate surface area is 227 Å². The van der Waals surface area contributed by atoms with Crippen LogP contribution in [0.2, 0.25) is 0 Å². The van der Waals surface area contributed by atoms with Crippen LogP contribution in [0.1, 0.15) is 55.7 Å². The van der Waals surface area contributed by atoms with E-state index in [0.717, 1.165) is 36.0 Å². The highest BCUT2D eigenvalue weighted by Gasteiger charge is 2.46. The molecule has 0 amide bonds. The lowest BCUT2D eigenvalue weighted by molar-refractivity contribution is -0.262. The van der Waals surface area contributed by atoms with Crippen LogP contribution >= 0.6 is 0 Å². The lowest BCUT2D eigenvalue weighted by Crippen LogP contribution is -2.60. The standard InChI is InChI=1S/C33H42O5/c1-2-3-4-14-21-29-31(34)33(37-24-28-19-12-7-13-20-28)32(36-23-27-17-10-6-11-18-27)30(38-29)25-35-22-26-15-8-5-9-16-26/h5-13,15-20,29-34H,2-4,14,21-25H2,1H3/t29-,30-,31+,32-,33-/m1/s1. The van der Waals surface area contributed by atoms with Crippen LogP contribution in [-0.4, -0.2) is 42.2 Å². The first-order chi connectivity index (χ1) is 18.7. The van der Waals surface area contributed by atoms with Crippen molar-refractivity contribution in [1.82, 2.24) is 0 Å². The number of aliphatic hydroxyl groups excluding tert-OH is 1. The second kappa shape index (κ2) is 15.8. The topological polar surface area (TPSA) is 57.2 Å². The number of aliphatic hydroxyl groups is 1. The van der Waals surface area contributed by atoms with Crippen LogP contribution in [0.15, 0.2) is 91.0 Å². The molecule has 0 saturated carbocycles. The highest BCUT2D eigenvalue weighted by atomic mass is 16.6. The van der Waals surface area contributed by atoms with Crippen molar-refractivity contribution in [2.75, 3.05) is 6.61 Å². The van der Waals surface area contributed by atoms with Crippen LogP contribution in [0.4, 0.5) is 0 Å². The van der Waals surface area contributed by atoms with Crippen molar-refractivity contribution in [3.8, 4) is 0 Å². The van der Waals surface area contributed by atoms with Crippen molar-refractivity contribution in [3.63, 3.8) is 0 Å². The number of hydrogen-bond acceptors (Lipinski definition) is 5. The molecule has 1 saturated heterocycles. The quantitative estimate of drug-likeness (QED) is 0.234. The van der Waals surface area contributed by atoms with Crippen molar-refractivity contribution in [1.29, 1.82) is 0 Å². The van der Waals surface area contributed by atoms with Gasteiger partial charge in [-0.25, -0.2) is 0 Å². The van der Waals surface area contributed by atoms with Gasteiger partial charge in [0.15, 0.2) is 0 Å². The summed E-state index contributed by atoms with van der Waals surface area (Å²) < 4.78 is 25.5. The highest BCUT2D eigenvalue weighted by molar-refractivity contribution is 5.15. The zero-order valence-corrected chi connectivity index (χ0v) is 22.5. The molecule has 3 aromatic rings. The van der Waals surface area contributed by atoms with Gasteiger partial charge in [0, 0.05) is 0 Å². The molecule has 1 heterocycles. The predicted octanol–water partition coefficient (Wildman–Crippen LogP) is 6.47. The van der Waals surface area contributed by atoms with Crippen molar-refractivity contribution in [3.05, 3.63) is 108 Å². The number of benzene rings is 3. The van der Waals surface area contributed by atoms with Crippen LogP contribution in [-0.2, 0) is 38.8 Å². The summed E-state index contributed by atoms with van der Waals surface area (Å²) in [6.45, 7) is 3.86. The molecule has 0 radical (unpaired) electrons. The summed E-state index contributed by atoms with van der Waals surface area (Å²) in [5.74, 6) is 0. The minimum Gasteiger partial charge on any atom is -0.388 e. The average Bonchev–Trinajstić information content (AvgIpc) is 2.96. The summed E-state index contributed by atoms with van der Waals surface area (Å²) in [6, 6.07) is 30.3. The molecule has 5 nitrogen and oxygen atoms in total. The fourth-order valence-corrected chi connectivity index (χ4v) is 4.94. The van der Waals surface area contributed by atoms with Gasteiger partial charge in [0.2, 0.25) is 0 Å². The first kappa shape index (κ1) is 28.5. The third-order valence-corrected chi connectivity index (χ3v) is 7.06. The Hall–Kier alpha value is -2.54. The average molecular weight is 519 g/mol. The van der Waals surface area contributed by atoms with Gasteiger partial charge in [-0.1, -0.05) is 124 Å². The molecule has 1 N–H and O–H groups in total. The van der Waals surface area contributed by atoms with Crippen LogP contribution in [0.3, 0.4) is 0 Å². The molecule has 1 fully saturated rings. The summed E-state index contributed by atoms with van der Waals surface area (Å²) in [5, 5.41) is 11.5. The van der Waals surface area contributed by atoms with Gasteiger partial charge in [-0.15, -0.1) is 0 Å². The number of ether oxygens (including phenoxy) is 4. The van der Waals surface area contributed by atoms with Gasteiger partial charge in [-0.2, -0.15) is 0 Å². The number of hydrogen-bond donors (Lipinski definition) is 1. The van der Waals surface area contributed by atoms with Crippen LogP contribution in [0, 0.1) is 0 Å². The second-order valence-electron chi connectivity index (χ2n) is 10.1. The van der Waals surface area contributed by atoms with Gasteiger partial charge in [0.05, 0.1) is 32.5 Å². The van der Waals surface area contributed by atoms with Gasteiger partial charge in [-0.3, -0.25) is 0 Å². The maximum atomic E-state index is 11.5. The highest BCUT2D eigenvalue weighted by Crippen LogP contribution is 2.30. The molecule has 3 aromatic carbocycles. The smallest absolute Gasteiger partial charge is 0.115 e. The summed E-state index contributed by atoms with van der Waals surface area (Å²) in [5.41, 5.74) is 3.23. The van der Waals surface area contributed by atoms with E-state index in [2.05, 4.69) is 19.1 Å². The molecule has 0 spiro atoms. The molecule has 5 heteroatoms. The van der Waals surface area contributed by atoms with Crippen LogP contribution in [0.5, 0.6) is 0 Å². The van der Waals surface area contributed by atoms with Crippen molar-refractivity contribution in [2.24, 2.45) is 0 Å². The Morgan fingerprint density at radius 3 is 1.71 bits per heavy atom. The maximum absolute atomic E-state index is 11.5. The van der Waals surface area contributed by atoms with Gasteiger partial charge in [0.1, 0.15) is 24.4 Å². The van der Waals surface area contributed by atoms with Crippen molar-refractivity contribution < 1.29 is 24.1 Å². The molecule has 1 aliphatic rings. The van der Waals surface area contributed by atoms with E-state index in [9.17, 15) is 5.11 Å². The van der Waals surface area contributed by atoms with E-state index >= 15 is 0 Å². The van der Waals surface area contributed by atoms with E-state index in [1.165, 1.54) is 12.8 Å². The molecule has 0 unspecified atom stereocenters. The molecule has 0 aromatic heterocycles. The van der Waals surface area contributed by atoms with Gasteiger partial charge < -0.3 is 24.1 Å². The SMILES string of the molecule is CCCCCC[C@H]1O[C@H](COCc2ccccc2)[C@@H](OCc2ccccc2)[C@H](OCc2ccccc2)[C@H]1O. The first-order valence-electron chi connectivity index (χ1n) is 14.0. The fraction of sp³-hybridized carbons (Fsp3) is 0.455. The van der Waals surface area contributed by atoms with E-state index < -0.39 is 18.3 Å². The fourth-order valence-electron chi connectivity index (χ4n) is 4.94. The monoisotopic (exact) mass is 518 g/mol. The van der Waals surface area contributed by atoms with E-state index in [-0.39, 0.29) is 12.2 Å². The second-order valence-corrected chi connectivity index (χ2v) is 10.1. The van der Waals surface area contributed by atoms with Gasteiger partial charge >= 0.3 is 0 Å². The van der Waals surface area contributed by atoms with Crippen LogP contribution in [0.25, 0.3) is 0 Å². The molecule has 4 rings (SSSR count). The largest absolute Gasteiger partial charge is 0.388 e. The minimum absolute atomic E-state index is 0.325. The van der Waals surface area contributed by atoms with Gasteiger partial charge in [0.25, 0.3) is 0 Å². The minimum atomic E-state index is -0.786. The van der Waals surface area contributed by atoms with Gasteiger partial charge in [-0.05, 0) is 23.1 Å². The molecule has 5 atom stereocenters. The summed E-state index contributed by atoms with van der Waals surface area (Å²) in [6.07, 6.45) is 2.79. The first-order valence-corrected chi connectivity index (χ1v) is 14.0. The molecule has 38 heavy (non-hydrogen) atoms. The van der Waals surface area contributed by atoms with Crippen LogP contribution < -0.4 is 0 Å². The summed E-state index contributed by atoms with van der Waals surface area (Å²) in [4.78, 5) is 0. The number of unbranched alkanes of at least 4 members (excludes halogenated alkanes) is 3. The Morgan fingerprint density at radius 1 is 0.632 bits per heavy atom. The molecule has 0 bridgehead atoms. The Morgan fingerprint density at radius 2 is 1.16 bits per heavy atom. The third-order valence-electron chi connectivity index (χ3n) is 7.06. The van der Waals surface area contributed by atoms with E-state index in [4.69, 9.17) is 18.9 Å².